The van der Waals surface area contributed by atoms with Gasteiger partial charge in [0.05, 0.1) is 17.9 Å². The third-order valence-electron chi connectivity index (χ3n) is 2.50. The van der Waals surface area contributed by atoms with Gasteiger partial charge in [0.15, 0.2) is 0 Å². The largest absolute Gasteiger partial charge is 0.271 e. The molecule has 1 atom stereocenters. The Hall–Kier alpha value is -1.86. The summed E-state index contributed by atoms with van der Waals surface area (Å²) < 4.78 is 14.4. The van der Waals surface area contributed by atoms with Gasteiger partial charge in [-0.25, -0.2) is 9.37 Å². The van der Waals surface area contributed by atoms with Crippen LogP contribution in [0.15, 0.2) is 24.7 Å². The Morgan fingerprint density at radius 1 is 1.47 bits per heavy atom. The minimum Gasteiger partial charge on any atom is -0.271 e. The Labute approximate surface area is 97.7 Å². The predicted molar refractivity (Wildman–Crippen MR) is 59.0 cm³/mol. The van der Waals surface area contributed by atoms with Crippen molar-refractivity contribution in [3.05, 3.63) is 42.0 Å². The van der Waals surface area contributed by atoms with Crippen molar-refractivity contribution in [2.75, 3.05) is 0 Å². The molecule has 0 spiro atoms. The first-order valence-electron chi connectivity index (χ1n) is 5.11. The smallest absolute Gasteiger partial charge is 0.141 e. The lowest BCUT2D eigenvalue weighted by molar-refractivity contribution is 0.509. The number of hydrogen-bond acceptors (Lipinski definition) is 5. The van der Waals surface area contributed by atoms with Crippen molar-refractivity contribution in [3.63, 3.8) is 0 Å². The van der Waals surface area contributed by atoms with E-state index in [4.69, 9.17) is 5.84 Å². The molecule has 0 fully saturated rings. The quantitative estimate of drug-likeness (QED) is 0.581. The van der Waals surface area contributed by atoms with Crippen LogP contribution in [-0.2, 0) is 13.5 Å². The Morgan fingerprint density at radius 2 is 2.29 bits per heavy atom. The van der Waals surface area contributed by atoms with Gasteiger partial charge in [-0.3, -0.25) is 20.9 Å². The van der Waals surface area contributed by atoms with E-state index < -0.39 is 0 Å². The minimum absolute atomic E-state index is 0.224. The summed E-state index contributed by atoms with van der Waals surface area (Å²) in [6, 6.07) is 2.72. The normalized spacial score (nSPS) is 12.6. The molecular weight excluding hydrogens is 223 g/mol. The van der Waals surface area contributed by atoms with Crippen LogP contribution >= 0.6 is 0 Å². The number of hydrogen-bond donors (Lipinski definition) is 2. The van der Waals surface area contributed by atoms with Crippen LogP contribution in [0.5, 0.6) is 0 Å². The van der Waals surface area contributed by atoms with E-state index in [1.165, 1.54) is 12.4 Å². The number of aryl methyl sites for hydroxylation is 1. The molecule has 17 heavy (non-hydrogen) atoms. The topological polar surface area (TPSA) is 81.7 Å². The molecule has 7 heteroatoms. The highest BCUT2D eigenvalue weighted by molar-refractivity contribution is 5.11. The molecule has 2 rings (SSSR count). The first-order chi connectivity index (χ1) is 8.20. The van der Waals surface area contributed by atoms with E-state index in [1.54, 1.807) is 17.8 Å². The molecule has 0 bridgehead atoms. The molecule has 0 radical (unpaired) electrons. The first kappa shape index (κ1) is 11.6. The fourth-order valence-corrected chi connectivity index (χ4v) is 1.53. The number of nitrogens with one attached hydrogen (secondary N) is 1. The zero-order chi connectivity index (χ0) is 12.3. The molecule has 6 nitrogen and oxygen atoms in total. The van der Waals surface area contributed by atoms with Crippen molar-refractivity contribution >= 4 is 0 Å². The van der Waals surface area contributed by atoms with Gasteiger partial charge in [-0.2, -0.15) is 5.10 Å². The van der Waals surface area contributed by atoms with Gasteiger partial charge in [-0.15, -0.1) is 0 Å². The highest BCUT2D eigenvalue weighted by Crippen LogP contribution is 2.14. The number of rotatable bonds is 4. The molecule has 0 aliphatic rings. The van der Waals surface area contributed by atoms with E-state index in [1.807, 2.05) is 0 Å². The van der Waals surface area contributed by atoms with Crippen molar-refractivity contribution in [1.29, 1.82) is 0 Å². The van der Waals surface area contributed by atoms with Gasteiger partial charge in [-0.05, 0) is 12.1 Å². The number of nitrogens with zero attached hydrogens (tertiary/aromatic N) is 4. The van der Waals surface area contributed by atoms with Crippen LogP contribution in [0.4, 0.5) is 4.39 Å². The second-order valence-electron chi connectivity index (χ2n) is 3.62. The van der Waals surface area contributed by atoms with Crippen molar-refractivity contribution in [1.82, 2.24) is 25.2 Å². The summed E-state index contributed by atoms with van der Waals surface area (Å²) >= 11 is 0. The summed E-state index contributed by atoms with van der Waals surface area (Å²) in [5.74, 6) is 5.87. The number of halogens is 1. The predicted octanol–water partition coefficient (Wildman–Crippen LogP) is 0.0963. The van der Waals surface area contributed by atoms with Crippen molar-refractivity contribution in [2.45, 2.75) is 12.5 Å². The van der Waals surface area contributed by atoms with Crippen LogP contribution in [0.25, 0.3) is 0 Å². The number of hydrazine groups is 1. The van der Waals surface area contributed by atoms with Crippen LogP contribution in [0.3, 0.4) is 0 Å². The van der Waals surface area contributed by atoms with Gasteiger partial charge in [0.25, 0.3) is 0 Å². The highest BCUT2D eigenvalue weighted by Gasteiger charge is 2.14. The molecule has 0 amide bonds. The SMILES string of the molecule is Cn1ncnc1CC(NN)c1ccc(F)cn1. The molecule has 2 aromatic rings. The Balaban J connectivity index is 2.17. The van der Waals surface area contributed by atoms with Crippen molar-refractivity contribution < 1.29 is 4.39 Å². The van der Waals surface area contributed by atoms with E-state index in [9.17, 15) is 4.39 Å². The fourth-order valence-electron chi connectivity index (χ4n) is 1.53. The van der Waals surface area contributed by atoms with Crippen LogP contribution in [0.2, 0.25) is 0 Å². The van der Waals surface area contributed by atoms with Crippen LogP contribution < -0.4 is 11.3 Å². The molecular formula is C10H13FN6. The van der Waals surface area contributed by atoms with Gasteiger partial charge >= 0.3 is 0 Å². The second-order valence-corrected chi connectivity index (χ2v) is 3.62. The summed E-state index contributed by atoms with van der Waals surface area (Å²) in [6.07, 6.45) is 3.17. The molecule has 3 N–H and O–H groups in total. The summed E-state index contributed by atoms with van der Waals surface area (Å²) in [5, 5.41) is 3.97. The average molecular weight is 236 g/mol. The van der Waals surface area contributed by atoms with Crippen LogP contribution in [0, 0.1) is 5.82 Å². The van der Waals surface area contributed by atoms with E-state index >= 15 is 0 Å². The maximum absolute atomic E-state index is 12.8. The molecule has 0 aliphatic carbocycles. The molecule has 0 saturated carbocycles. The Morgan fingerprint density at radius 3 is 2.82 bits per heavy atom. The lowest BCUT2D eigenvalue weighted by Gasteiger charge is -2.14. The lowest BCUT2D eigenvalue weighted by atomic mass is 10.1. The van der Waals surface area contributed by atoms with Gasteiger partial charge in [-0.1, -0.05) is 0 Å². The van der Waals surface area contributed by atoms with Crippen LogP contribution in [0.1, 0.15) is 17.6 Å². The highest BCUT2D eigenvalue weighted by atomic mass is 19.1. The van der Waals surface area contributed by atoms with Crippen molar-refractivity contribution in [3.8, 4) is 0 Å². The molecule has 2 heterocycles. The molecule has 1 unspecified atom stereocenters. The maximum atomic E-state index is 12.8. The average Bonchev–Trinajstić information content (AvgIpc) is 2.73. The first-order valence-corrected chi connectivity index (χ1v) is 5.11. The van der Waals surface area contributed by atoms with E-state index in [0.29, 0.717) is 12.1 Å². The summed E-state index contributed by atoms with van der Waals surface area (Å²) in [7, 11) is 1.80. The van der Waals surface area contributed by atoms with Crippen LogP contribution in [-0.4, -0.2) is 19.7 Å². The zero-order valence-corrected chi connectivity index (χ0v) is 9.34. The fraction of sp³-hybridized carbons (Fsp3) is 0.300. The number of nitrogens with two attached hydrogens (primary N) is 1. The summed E-state index contributed by atoms with van der Waals surface area (Å²) in [6.45, 7) is 0. The second kappa shape index (κ2) is 4.98. The van der Waals surface area contributed by atoms with Gasteiger partial charge < -0.3 is 0 Å². The monoisotopic (exact) mass is 236 g/mol. The summed E-state index contributed by atoms with van der Waals surface area (Å²) in [5.41, 5.74) is 3.30. The molecule has 90 valence electrons. The molecule has 0 aliphatic heterocycles. The van der Waals surface area contributed by atoms with Gasteiger partial charge in [0.2, 0.25) is 0 Å². The lowest BCUT2D eigenvalue weighted by Crippen LogP contribution is -2.31. The van der Waals surface area contributed by atoms with Gasteiger partial charge in [0, 0.05) is 13.5 Å². The van der Waals surface area contributed by atoms with Crippen molar-refractivity contribution in [2.24, 2.45) is 12.9 Å². The number of pyridine rings is 1. The molecule has 0 aromatic carbocycles. The molecule has 0 saturated heterocycles. The maximum Gasteiger partial charge on any atom is 0.141 e. The third kappa shape index (κ3) is 2.63. The third-order valence-corrected chi connectivity index (χ3v) is 2.50. The van der Waals surface area contributed by atoms with E-state index in [0.717, 1.165) is 12.0 Å². The van der Waals surface area contributed by atoms with E-state index in [2.05, 4.69) is 20.5 Å². The van der Waals surface area contributed by atoms with Gasteiger partial charge in [0.1, 0.15) is 18.0 Å². The Kier molecular flexibility index (Phi) is 3.40. The number of aromatic nitrogens is 4. The Bertz CT molecular complexity index is 480. The zero-order valence-electron chi connectivity index (χ0n) is 9.34. The summed E-state index contributed by atoms with van der Waals surface area (Å²) in [4.78, 5) is 8.09. The standard InChI is InChI=1S/C10H13FN6/c1-17-10(14-6-15-17)4-9(16-12)8-3-2-7(11)5-13-8/h2-3,5-6,9,16H,4,12H2,1H3. The minimum atomic E-state index is -0.372. The molecule has 2 aromatic heterocycles. The van der Waals surface area contributed by atoms with E-state index in [-0.39, 0.29) is 11.9 Å².